The van der Waals surface area contributed by atoms with E-state index in [4.69, 9.17) is 0 Å². The molecule has 0 aliphatic heterocycles. The van der Waals surface area contributed by atoms with Crippen molar-refractivity contribution in [2.75, 3.05) is 6.54 Å². The van der Waals surface area contributed by atoms with Gasteiger partial charge in [-0.1, -0.05) is 31.2 Å². The molecule has 0 amide bonds. The fourth-order valence-electron chi connectivity index (χ4n) is 3.37. The van der Waals surface area contributed by atoms with Crippen molar-refractivity contribution >= 4 is 0 Å². The number of fused-ring (bicyclic) bond motifs is 1. The first-order valence-electron chi connectivity index (χ1n) is 7.50. The fourth-order valence-corrected chi connectivity index (χ4v) is 3.37. The second-order valence-electron chi connectivity index (χ2n) is 5.78. The Kier molecular flexibility index (Phi) is 3.62. The summed E-state index contributed by atoms with van der Waals surface area (Å²) in [5.41, 5.74) is 5.45. The Balaban J connectivity index is 1.78. The van der Waals surface area contributed by atoms with Crippen LogP contribution in [0.1, 0.15) is 47.8 Å². The van der Waals surface area contributed by atoms with Crippen molar-refractivity contribution in [1.29, 1.82) is 0 Å². The lowest BCUT2D eigenvalue weighted by Gasteiger charge is -2.33. The van der Waals surface area contributed by atoms with Crippen molar-refractivity contribution in [3.63, 3.8) is 0 Å². The van der Waals surface area contributed by atoms with Gasteiger partial charge in [0.15, 0.2) is 0 Å². The monoisotopic (exact) mass is 269 g/mol. The molecule has 2 atom stereocenters. The van der Waals surface area contributed by atoms with Crippen molar-refractivity contribution in [2.45, 2.75) is 38.6 Å². The Morgan fingerprint density at radius 3 is 2.85 bits per heavy atom. The van der Waals surface area contributed by atoms with Crippen molar-refractivity contribution in [3.8, 4) is 0 Å². The molecule has 0 radical (unpaired) electrons. The number of hydrogen-bond donors (Lipinski definition) is 1. The molecule has 0 bridgehead atoms. The summed E-state index contributed by atoms with van der Waals surface area (Å²) in [5.74, 6) is 0.686. The quantitative estimate of drug-likeness (QED) is 0.904. The smallest absolute Gasteiger partial charge is 0.0597 e. The molecule has 0 fully saturated rings. The first kappa shape index (κ1) is 13.4. The van der Waals surface area contributed by atoms with Crippen LogP contribution in [0.15, 0.2) is 30.3 Å². The highest BCUT2D eigenvalue weighted by Gasteiger charge is 2.29. The van der Waals surface area contributed by atoms with Crippen molar-refractivity contribution in [1.82, 2.24) is 15.1 Å². The van der Waals surface area contributed by atoms with Gasteiger partial charge in [-0.05, 0) is 49.4 Å². The van der Waals surface area contributed by atoms with Gasteiger partial charge in [0.25, 0.3) is 0 Å². The third-order valence-corrected chi connectivity index (χ3v) is 4.33. The SMILES string of the molecule is CCNC(CC1Cc2ccccc21)c1cc(C)nn1C. The summed E-state index contributed by atoms with van der Waals surface area (Å²) in [5, 5.41) is 8.11. The van der Waals surface area contributed by atoms with Crippen LogP contribution in [0.5, 0.6) is 0 Å². The third kappa shape index (κ3) is 2.38. The molecule has 2 aromatic rings. The second-order valence-corrected chi connectivity index (χ2v) is 5.78. The Morgan fingerprint density at radius 2 is 2.20 bits per heavy atom. The zero-order valence-corrected chi connectivity index (χ0v) is 12.6. The first-order chi connectivity index (χ1) is 9.69. The highest BCUT2D eigenvalue weighted by molar-refractivity contribution is 5.40. The van der Waals surface area contributed by atoms with Gasteiger partial charge < -0.3 is 5.32 Å². The summed E-state index contributed by atoms with van der Waals surface area (Å²) in [4.78, 5) is 0. The highest BCUT2D eigenvalue weighted by Crippen LogP contribution is 2.40. The van der Waals surface area contributed by atoms with Crippen molar-refractivity contribution in [3.05, 3.63) is 52.8 Å². The number of nitrogens with zero attached hydrogens (tertiary/aromatic N) is 2. The van der Waals surface area contributed by atoms with Crippen molar-refractivity contribution < 1.29 is 0 Å². The van der Waals surface area contributed by atoms with Crippen LogP contribution < -0.4 is 5.32 Å². The van der Waals surface area contributed by atoms with Crippen LogP contribution in [0.4, 0.5) is 0 Å². The Labute approximate surface area is 121 Å². The van der Waals surface area contributed by atoms with E-state index in [1.165, 1.54) is 23.2 Å². The summed E-state index contributed by atoms with van der Waals surface area (Å²) < 4.78 is 2.02. The molecule has 2 unspecified atom stereocenters. The maximum Gasteiger partial charge on any atom is 0.0597 e. The number of benzene rings is 1. The molecule has 0 saturated heterocycles. The van der Waals surface area contributed by atoms with Crippen molar-refractivity contribution in [2.24, 2.45) is 7.05 Å². The van der Waals surface area contributed by atoms with E-state index in [0.29, 0.717) is 12.0 Å². The predicted molar refractivity (Wildman–Crippen MR) is 81.9 cm³/mol. The number of rotatable bonds is 5. The Hall–Kier alpha value is -1.61. The van der Waals surface area contributed by atoms with Gasteiger partial charge in [0, 0.05) is 13.1 Å². The largest absolute Gasteiger partial charge is 0.309 e. The molecule has 20 heavy (non-hydrogen) atoms. The molecule has 1 heterocycles. The molecule has 0 spiro atoms. The van der Waals surface area contributed by atoms with Gasteiger partial charge in [-0.25, -0.2) is 0 Å². The van der Waals surface area contributed by atoms with Crippen LogP contribution in [-0.4, -0.2) is 16.3 Å². The topological polar surface area (TPSA) is 29.9 Å². The average molecular weight is 269 g/mol. The predicted octanol–water partition coefficient (Wildman–Crippen LogP) is 3.11. The van der Waals surface area contributed by atoms with Crippen LogP contribution in [0, 0.1) is 6.92 Å². The Morgan fingerprint density at radius 1 is 1.40 bits per heavy atom. The average Bonchev–Trinajstić information content (AvgIpc) is 2.74. The van der Waals surface area contributed by atoms with Crippen LogP contribution in [0.3, 0.4) is 0 Å². The van der Waals surface area contributed by atoms with Crippen LogP contribution in [0.2, 0.25) is 0 Å². The van der Waals surface area contributed by atoms with E-state index in [1.807, 2.05) is 11.7 Å². The molecule has 0 saturated carbocycles. The van der Waals surface area contributed by atoms with Gasteiger partial charge >= 0.3 is 0 Å². The minimum atomic E-state index is 0.393. The van der Waals surface area contributed by atoms with E-state index in [9.17, 15) is 0 Å². The van der Waals surface area contributed by atoms with Gasteiger partial charge in [-0.2, -0.15) is 5.10 Å². The summed E-state index contributed by atoms with van der Waals surface area (Å²) >= 11 is 0. The molecule has 1 aromatic heterocycles. The number of aryl methyl sites for hydroxylation is 2. The zero-order chi connectivity index (χ0) is 14.1. The van der Waals surface area contributed by atoms with Crippen LogP contribution in [0.25, 0.3) is 0 Å². The minimum Gasteiger partial charge on any atom is -0.309 e. The number of nitrogens with one attached hydrogen (secondary N) is 1. The van der Waals surface area contributed by atoms with E-state index in [1.54, 1.807) is 0 Å². The summed E-state index contributed by atoms with van der Waals surface area (Å²) in [6.45, 7) is 5.22. The van der Waals surface area contributed by atoms with E-state index in [-0.39, 0.29) is 0 Å². The van der Waals surface area contributed by atoms with Gasteiger partial charge in [0.2, 0.25) is 0 Å². The van der Waals surface area contributed by atoms with Gasteiger partial charge in [0.05, 0.1) is 11.4 Å². The molecule has 106 valence electrons. The van der Waals surface area contributed by atoms with Gasteiger partial charge in [-0.15, -0.1) is 0 Å². The first-order valence-corrected chi connectivity index (χ1v) is 7.50. The molecule has 3 heteroatoms. The minimum absolute atomic E-state index is 0.393. The van der Waals surface area contributed by atoms with E-state index < -0.39 is 0 Å². The lowest BCUT2D eigenvalue weighted by Crippen LogP contribution is -2.28. The normalized spacial score (nSPS) is 18.4. The summed E-state index contributed by atoms with van der Waals surface area (Å²) in [6, 6.07) is 11.4. The molecular weight excluding hydrogens is 246 g/mol. The lowest BCUT2D eigenvalue weighted by atomic mass is 9.74. The molecule has 1 aliphatic rings. The molecule has 1 N–H and O–H groups in total. The molecule has 1 aromatic carbocycles. The molecule has 3 nitrogen and oxygen atoms in total. The molecule has 3 rings (SSSR count). The van der Waals surface area contributed by atoms with E-state index in [0.717, 1.165) is 18.7 Å². The number of aromatic nitrogens is 2. The third-order valence-electron chi connectivity index (χ3n) is 4.33. The summed E-state index contributed by atoms with van der Waals surface area (Å²) in [6.07, 6.45) is 2.37. The second kappa shape index (κ2) is 5.41. The highest BCUT2D eigenvalue weighted by atomic mass is 15.3. The Bertz CT molecular complexity index is 600. The van der Waals surface area contributed by atoms with Gasteiger partial charge in [0.1, 0.15) is 0 Å². The van der Waals surface area contributed by atoms with E-state index in [2.05, 4.69) is 54.6 Å². The maximum absolute atomic E-state index is 4.49. The standard InChI is InChI=1S/C17H23N3/c1-4-18-16(17-9-12(2)19-20(17)3)11-14-10-13-7-5-6-8-15(13)14/h5-9,14,16,18H,4,10-11H2,1-3H3. The maximum atomic E-state index is 4.49. The van der Waals surface area contributed by atoms with E-state index >= 15 is 0 Å². The van der Waals surface area contributed by atoms with Crippen LogP contribution in [-0.2, 0) is 13.5 Å². The fraction of sp³-hybridized carbons (Fsp3) is 0.471. The van der Waals surface area contributed by atoms with Crippen LogP contribution >= 0.6 is 0 Å². The molecular formula is C17H23N3. The lowest BCUT2D eigenvalue weighted by molar-refractivity contribution is 0.416. The number of hydrogen-bond acceptors (Lipinski definition) is 2. The zero-order valence-electron chi connectivity index (χ0n) is 12.6. The summed E-state index contributed by atoms with van der Waals surface area (Å²) in [7, 11) is 2.04. The van der Waals surface area contributed by atoms with Gasteiger partial charge in [-0.3, -0.25) is 4.68 Å². The molecule has 1 aliphatic carbocycles.